The van der Waals surface area contributed by atoms with Gasteiger partial charge in [-0.2, -0.15) is 5.10 Å². The second-order valence-electron chi connectivity index (χ2n) is 10.5. The molecule has 0 bridgehead atoms. The Balaban J connectivity index is 1.20. The fourth-order valence-corrected chi connectivity index (χ4v) is 6.70. The molecule has 0 radical (unpaired) electrons. The lowest BCUT2D eigenvalue weighted by atomic mass is 9.83. The summed E-state index contributed by atoms with van der Waals surface area (Å²) < 4.78 is 2.56. The van der Waals surface area contributed by atoms with Crippen molar-refractivity contribution >= 4 is 23.0 Å². The van der Waals surface area contributed by atoms with Crippen molar-refractivity contribution in [1.82, 2.24) is 9.99 Å². The number of quaternary nitrogens is 1. The van der Waals surface area contributed by atoms with Gasteiger partial charge in [-0.3, -0.25) is 4.79 Å². The Bertz CT molecular complexity index is 1250. The van der Waals surface area contributed by atoms with Crippen LogP contribution in [-0.4, -0.2) is 34.9 Å². The molecule has 6 nitrogen and oxygen atoms in total. The maximum Gasteiger partial charge on any atom is 0.295 e. The van der Waals surface area contributed by atoms with Gasteiger partial charge in [0.25, 0.3) is 5.91 Å². The fraction of sp³-hybridized carbons (Fsp3) is 0.448. The number of carbonyl (C=O) groups excluding carboxylic acids is 1. The molecule has 35 heavy (non-hydrogen) atoms. The van der Waals surface area contributed by atoms with E-state index in [1.807, 2.05) is 0 Å². The summed E-state index contributed by atoms with van der Waals surface area (Å²) in [4.78, 5) is 14.1. The van der Waals surface area contributed by atoms with Crippen molar-refractivity contribution in [3.05, 3.63) is 64.8 Å². The number of aryl methyl sites for hydroxylation is 1. The van der Waals surface area contributed by atoms with E-state index in [4.69, 9.17) is 0 Å². The highest BCUT2D eigenvalue weighted by Crippen LogP contribution is 2.40. The first-order chi connectivity index (χ1) is 17.2. The van der Waals surface area contributed by atoms with E-state index in [0.29, 0.717) is 12.6 Å². The molecule has 182 valence electrons. The van der Waals surface area contributed by atoms with Crippen molar-refractivity contribution in [1.29, 1.82) is 0 Å². The number of rotatable bonds is 5. The van der Waals surface area contributed by atoms with Gasteiger partial charge in [0.1, 0.15) is 11.8 Å². The topological polar surface area (TPSA) is 71.1 Å². The minimum absolute atomic E-state index is 0.0497. The minimum Gasteiger partial charge on any atom is -0.508 e. The highest BCUT2D eigenvalue weighted by molar-refractivity contribution is 5.87. The summed E-state index contributed by atoms with van der Waals surface area (Å²) in [5.74, 6) is 0.894. The molecule has 3 aromatic rings. The molecule has 1 aromatic heterocycles. The van der Waals surface area contributed by atoms with Crippen LogP contribution in [0.25, 0.3) is 10.9 Å². The zero-order chi connectivity index (χ0) is 23.8. The first-order valence-electron chi connectivity index (χ1n) is 13.3. The maximum absolute atomic E-state index is 12.7. The highest BCUT2D eigenvalue weighted by Gasteiger charge is 2.38. The summed E-state index contributed by atoms with van der Waals surface area (Å²) in [6.07, 6.45) is 11.9. The predicted molar refractivity (Wildman–Crippen MR) is 138 cm³/mol. The largest absolute Gasteiger partial charge is 0.508 e. The van der Waals surface area contributed by atoms with Crippen molar-refractivity contribution in [3.63, 3.8) is 0 Å². The normalized spacial score (nSPS) is 22.4. The Morgan fingerprint density at radius 3 is 2.74 bits per heavy atom. The van der Waals surface area contributed by atoms with Crippen LogP contribution in [-0.2, 0) is 17.8 Å². The summed E-state index contributed by atoms with van der Waals surface area (Å²) >= 11 is 0. The average molecular weight is 472 g/mol. The van der Waals surface area contributed by atoms with Gasteiger partial charge in [-0.15, -0.1) is 0 Å². The van der Waals surface area contributed by atoms with Crippen LogP contribution < -0.4 is 10.3 Å². The van der Waals surface area contributed by atoms with Gasteiger partial charge in [0, 0.05) is 17.3 Å². The van der Waals surface area contributed by atoms with E-state index in [9.17, 15) is 9.90 Å². The number of nitrogens with one attached hydrogen (secondary N) is 2. The lowest BCUT2D eigenvalue weighted by Gasteiger charge is -2.36. The minimum atomic E-state index is -0.0497. The Hall–Kier alpha value is -3.12. The van der Waals surface area contributed by atoms with E-state index in [2.05, 4.69) is 33.3 Å². The van der Waals surface area contributed by atoms with Gasteiger partial charge >= 0.3 is 0 Å². The molecule has 2 aliphatic carbocycles. The van der Waals surface area contributed by atoms with Crippen LogP contribution in [0, 0.1) is 0 Å². The van der Waals surface area contributed by atoms with Crippen LogP contribution in [0.1, 0.15) is 79.3 Å². The highest BCUT2D eigenvalue weighted by atomic mass is 16.3. The Labute approximate surface area is 206 Å². The molecule has 0 saturated heterocycles. The number of hydrogen-bond acceptors (Lipinski definition) is 3. The van der Waals surface area contributed by atoms with Gasteiger partial charge in [-0.25, -0.2) is 5.43 Å². The number of aromatic nitrogens is 1. The SMILES string of the molecule is O=C(C[NH+]1CCn2c3c(c4cc(C5CCCCC5)ccc42)CCC[C@@H]31)N/N=C/c1ccc(O)cc1. The van der Waals surface area contributed by atoms with Gasteiger partial charge in [0.05, 0.1) is 25.0 Å². The molecule has 1 amide bonds. The number of benzene rings is 2. The quantitative estimate of drug-likeness (QED) is 0.391. The van der Waals surface area contributed by atoms with Gasteiger partial charge < -0.3 is 14.6 Å². The number of phenols is 1. The van der Waals surface area contributed by atoms with E-state index >= 15 is 0 Å². The predicted octanol–water partition coefficient (Wildman–Crippen LogP) is 3.82. The summed E-state index contributed by atoms with van der Waals surface area (Å²) in [5, 5.41) is 15.0. The molecule has 3 aliphatic rings. The van der Waals surface area contributed by atoms with Crippen molar-refractivity contribution in [2.24, 2.45) is 5.10 Å². The second-order valence-corrected chi connectivity index (χ2v) is 10.5. The number of hydrazone groups is 1. The summed E-state index contributed by atoms with van der Waals surface area (Å²) in [5.41, 5.74) is 9.49. The van der Waals surface area contributed by atoms with E-state index in [-0.39, 0.29) is 11.7 Å². The maximum atomic E-state index is 12.7. The zero-order valence-electron chi connectivity index (χ0n) is 20.3. The van der Waals surface area contributed by atoms with Gasteiger partial charge in [-0.1, -0.05) is 25.3 Å². The second kappa shape index (κ2) is 9.50. The van der Waals surface area contributed by atoms with Crippen LogP contribution in [0.2, 0.25) is 0 Å². The standard InChI is InChI=1S/C29H34N4O2/c34-23-12-9-20(10-13-23)18-30-31-28(35)19-32-15-16-33-26-14-11-22(21-5-2-1-3-6-21)17-25(26)24-7-4-8-27(32)29(24)33/h9-14,17-18,21,27,34H,1-8,15-16,19H2,(H,31,35)/p+1/b30-18+/t27-/m0/s1. The number of aromatic hydroxyl groups is 1. The number of carbonyl (C=O) groups is 1. The molecule has 1 fully saturated rings. The smallest absolute Gasteiger partial charge is 0.295 e. The number of fused-ring (bicyclic) bond motifs is 3. The molecule has 1 unspecified atom stereocenters. The lowest BCUT2D eigenvalue weighted by molar-refractivity contribution is -0.929. The van der Waals surface area contributed by atoms with E-state index in [1.54, 1.807) is 30.5 Å². The summed E-state index contributed by atoms with van der Waals surface area (Å²) in [6.45, 7) is 2.36. The van der Waals surface area contributed by atoms with Crippen molar-refractivity contribution in [2.45, 2.75) is 69.9 Å². The molecule has 2 heterocycles. The lowest BCUT2D eigenvalue weighted by Crippen LogP contribution is -3.14. The van der Waals surface area contributed by atoms with Crippen molar-refractivity contribution in [2.75, 3.05) is 13.1 Å². The molecule has 1 aliphatic heterocycles. The Morgan fingerprint density at radius 2 is 1.91 bits per heavy atom. The Morgan fingerprint density at radius 1 is 1.09 bits per heavy atom. The molecule has 2 aromatic carbocycles. The van der Waals surface area contributed by atoms with E-state index in [0.717, 1.165) is 37.4 Å². The molecule has 6 rings (SSSR count). The van der Waals surface area contributed by atoms with E-state index < -0.39 is 0 Å². The number of phenolic OH excluding ortho intramolecular Hbond substituents is 1. The van der Waals surface area contributed by atoms with Gasteiger partial charge in [-0.05, 0) is 84.7 Å². The van der Waals surface area contributed by atoms with Gasteiger partial charge in [0.15, 0.2) is 6.54 Å². The first kappa shape index (κ1) is 22.4. The molecule has 2 atom stereocenters. The van der Waals surface area contributed by atoms with Crippen LogP contribution in [0.4, 0.5) is 0 Å². The molecule has 0 spiro atoms. The number of hydrogen-bond donors (Lipinski definition) is 3. The monoisotopic (exact) mass is 471 g/mol. The van der Waals surface area contributed by atoms with Crippen molar-refractivity contribution < 1.29 is 14.8 Å². The van der Waals surface area contributed by atoms with Crippen LogP contribution in [0.3, 0.4) is 0 Å². The summed E-state index contributed by atoms with van der Waals surface area (Å²) in [6, 6.07) is 14.4. The third-order valence-electron chi connectivity index (χ3n) is 8.40. The molecule has 6 heteroatoms. The van der Waals surface area contributed by atoms with Crippen LogP contribution >= 0.6 is 0 Å². The van der Waals surface area contributed by atoms with E-state index in [1.165, 1.54) is 71.1 Å². The zero-order valence-corrected chi connectivity index (χ0v) is 20.3. The Kier molecular flexibility index (Phi) is 6.06. The van der Waals surface area contributed by atoms with Crippen LogP contribution in [0.15, 0.2) is 47.6 Å². The summed E-state index contributed by atoms with van der Waals surface area (Å²) in [7, 11) is 0. The third-order valence-corrected chi connectivity index (χ3v) is 8.40. The fourth-order valence-electron chi connectivity index (χ4n) is 6.70. The molecule has 1 saturated carbocycles. The van der Waals surface area contributed by atoms with Gasteiger partial charge in [0.2, 0.25) is 0 Å². The third kappa shape index (κ3) is 4.36. The number of amides is 1. The van der Waals surface area contributed by atoms with Crippen LogP contribution in [0.5, 0.6) is 5.75 Å². The molecular weight excluding hydrogens is 436 g/mol. The van der Waals surface area contributed by atoms with Crippen molar-refractivity contribution in [3.8, 4) is 5.75 Å². The number of nitrogens with zero attached hydrogens (tertiary/aromatic N) is 2. The molecule has 3 N–H and O–H groups in total. The first-order valence-corrected chi connectivity index (χ1v) is 13.3. The average Bonchev–Trinajstić information content (AvgIpc) is 3.22. The molecular formula is C29H35N4O2+.